The third kappa shape index (κ3) is 2.53. The molecule has 2 fully saturated rings. The Bertz CT molecular complexity index is 537. The van der Waals surface area contributed by atoms with Gasteiger partial charge in [0.15, 0.2) is 0 Å². The van der Waals surface area contributed by atoms with Crippen LogP contribution in [0, 0.1) is 22.0 Å². The van der Waals surface area contributed by atoms with Crippen LogP contribution in [0.4, 0.5) is 5.69 Å². The lowest BCUT2D eigenvalue weighted by molar-refractivity contribution is -0.384. The van der Waals surface area contributed by atoms with Crippen molar-refractivity contribution >= 4 is 17.3 Å². The summed E-state index contributed by atoms with van der Waals surface area (Å²) < 4.78 is 0. The van der Waals surface area contributed by atoms with Crippen molar-refractivity contribution in [3.05, 3.63) is 38.9 Å². The number of nitrogens with zero attached hydrogens (tertiary/aromatic N) is 2. The maximum absolute atomic E-state index is 10.9. The zero-order valence-corrected chi connectivity index (χ0v) is 11.9. The SMILES string of the molecule is N[C@@H]1CC[C@@H]2CN(Cc3ccc(Cl)c([N+](=O)[O-])c3)C[C@H]21. The summed E-state index contributed by atoms with van der Waals surface area (Å²) in [7, 11) is 0. The van der Waals surface area contributed by atoms with E-state index in [-0.39, 0.29) is 10.7 Å². The third-order valence-corrected chi connectivity index (χ3v) is 4.92. The molecule has 1 aromatic carbocycles. The fraction of sp³-hybridized carbons (Fsp3) is 0.571. The molecule has 6 heteroatoms. The molecule has 1 aliphatic heterocycles. The molecule has 0 bridgehead atoms. The smallest absolute Gasteiger partial charge is 0.288 e. The molecule has 0 radical (unpaired) electrons. The minimum absolute atomic E-state index is 0.0136. The van der Waals surface area contributed by atoms with Crippen molar-refractivity contribution in [2.24, 2.45) is 17.6 Å². The van der Waals surface area contributed by atoms with Gasteiger partial charge in [-0.15, -0.1) is 0 Å². The number of rotatable bonds is 3. The zero-order valence-electron chi connectivity index (χ0n) is 11.2. The Hall–Kier alpha value is -1.17. The number of benzene rings is 1. The first-order valence-corrected chi connectivity index (χ1v) is 7.33. The van der Waals surface area contributed by atoms with Gasteiger partial charge in [0, 0.05) is 31.7 Å². The van der Waals surface area contributed by atoms with E-state index >= 15 is 0 Å². The van der Waals surface area contributed by atoms with Crippen molar-refractivity contribution in [2.75, 3.05) is 13.1 Å². The van der Waals surface area contributed by atoms with E-state index in [9.17, 15) is 10.1 Å². The Labute approximate surface area is 122 Å². The second-order valence-electron chi connectivity index (χ2n) is 5.90. The normalized spacial score (nSPS) is 29.6. The standard InChI is InChI=1S/C14H18ClN3O2/c15-12-3-1-9(5-14(12)18(19)20)6-17-7-10-2-4-13(16)11(10)8-17/h1,3,5,10-11,13H,2,4,6-8,16H2/t10-,11-,13-/m1/s1. The van der Waals surface area contributed by atoms with Crippen LogP contribution in [0.25, 0.3) is 0 Å². The minimum Gasteiger partial charge on any atom is -0.327 e. The van der Waals surface area contributed by atoms with E-state index in [2.05, 4.69) is 4.90 Å². The first-order valence-electron chi connectivity index (χ1n) is 6.95. The molecule has 1 saturated heterocycles. The van der Waals surface area contributed by atoms with Gasteiger partial charge in [-0.3, -0.25) is 15.0 Å². The highest BCUT2D eigenvalue weighted by atomic mass is 35.5. The molecule has 0 spiro atoms. The monoisotopic (exact) mass is 295 g/mol. The highest BCUT2D eigenvalue weighted by molar-refractivity contribution is 6.32. The van der Waals surface area contributed by atoms with E-state index in [0.29, 0.717) is 17.9 Å². The van der Waals surface area contributed by atoms with E-state index in [1.165, 1.54) is 6.42 Å². The second-order valence-corrected chi connectivity index (χ2v) is 6.31. The van der Waals surface area contributed by atoms with Crippen molar-refractivity contribution in [1.29, 1.82) is 0 Å². The van der Waals surface area contributed by atoms with Crippen LogP contribution in [0.3, 0.4) is 0 Å². The zero-order chi connectivity index (χ0) is 14.3. The van der Waals surface area contributed by atoms with Crippen molar-refractivity contribution in [3.8, 4) is 0 Å². The number of hydrogen-bond donors (Lipinski definition) is 1. The summed E-state index contributed by atoms with van der Waals surface area (Å²) in [5.74, 6) is 1.30. The summed E-state index contributed by atoms with van der Waals surface area (Å²) in [6.07, 6.45) is 2.35. The number of likely N-dealkylation sites (tertiary alicyclic amines) is 1. The van der Waals surface area contributed by atoms with Gasteiger partial charge in [0.05, 0.1) is 4.92 Å². The first-order chi connectivity index (χ1) is 9.54. The molecule has 0 amide bonds. The lowest BCUT2D eigenvalue weighted by Gasteiger charge is -2.18. The Morgan fingerprint density at radius 1 is 1.40 bits per heavy atom. The molecule has 1 aromatic rings. The Morgan fingerprint density at radius 2 is 2.20 bits per heavy atom. The molecule has 2 aliphatic rings. The molecule has 3 atom stereocenters. The Balaban J connectivity index is 1.70. The van der Waals surface area contributed by atoms with Crippen LogP contribution in [0.2, 0.25) is 5.02 Å². The van der Waals surface area contributed by atoms with E-state index in [0.717, 1.165) is 31.6 Å². The molecular formula is C14H18ClN3O2. The largest absolute Gasteiger partial charge is 0.327 e. The Morgan fingerprint density at radius 3 is 2.90 bits per heavy atom. The van der Waals surface area contributed by atoms with E-state index in [4.69, 9.17) is 17.3 Å². The summed E-state index contributed by atoms with van der Waals surface area (Å²) in [5.41, 5.74) is 7.05. The minimum atomic E-state index is -0.430. The van der Waals surface area contributed by atoms with Gasteiger partial charge in [-0.25, -0.2) is 0 Å². The van der Waals surface area contributed by atoms with Crippen molar-refractivity contribution < 1.29 is 4.92 Å². The second kappa shape index (κ2) is 5.31. The fourth-order valence-electron chi connectivity index (χ4n) is 3.58. The molecule has 3 rings (SSSR count). The van der Waals surface area contributed by atoms with Gasteiger partial charge in [-0.05, 0) is 36.3 Å². The van der Waals surface area contributed by atoms with Gasteiger partial charge in [-0.2, -0.15) is 0 Å². The lowest BCUT2D eigenvalue weighted by Crippen LogP contribution is -2.30. The van der Waals surface area contributed by atoms with Crippen LogP contribution in [-0.2, 0) is 6.54 Å². The molecular weight excluding hydrogens is 278 g/mol. The average molecular weight is 296 g/mol. The molecule has 2 N–H and O–H groups in total. The molecule has 0 unspecified atom stereocenters. The van der Waals surface area contributed by atoms with E-state index < -0.39 is 4.92 Å². The maximum Gasteiger partial charge on any atom is 0.288 e. The number of nitro benzene ring substituents is 1. The van der Waals surface area contributed by atoms with Crippen LogP contribution in [-0.4, -0.2) is 29.0 Å². The fourth-order valence-corrected chi connectivity index (χ4v) is 3.77. The topological polar surface area (TPSA) is 72.4 Å². The summed E-state index contributed by atoms with van der Waals surface area (Å²) in [4.78, 5) is 12.8. The Kier molecular flexibility index (Phi) is 3.67. The van der Waals surface area contributed by atoms with Gasteiger partial charge in [0.1, 0.15) is 5.02 Å². The van der Waals surface area contributed by atoms with Crippen molar-refractivity contribution in [3.63, 3.8) is 0 Å². The molecule has 1 aliphatic carbocycles. The maximum atomic E-state index is 10.9. The molecule has 1 saturated carbocycles. The number of halogens is 1. The number of hydrogen-bond acceptors (Lipinski definition) is 4. The van der Waals surface area contributed by atoms with Crippen LogP contribution in [0.5, 0.6) is 0 Å². The average Bonchev–Trinajstić information content (AvgIpc) is 2.94. The molecule has 20 heavy (non-hydrogen) atoms. The number of nitro groups is 1. The highest BCUT2D eigenvalue weighted by Gasteiger charge is 2.40. The summed E-state index contributed by atoms with van der Waals surface area (Å²) in [6, 6.07) is 5.38. The molecule has 108 valence electrons. The van der Waals surface area contributed by atoms with Gasteiger partial charge in [0.25, 0.3) is 5.69 Å². The molecule has 0 aromatic heterocycles. The predicted octanol–water partition coefficient (Wildman–Crippen LogP) is 2.42. The summed E-state index contributed by atoms with van der Waals surface area (Å²) in [6.45, 7) is 2.79. The van der Waals surface area contributed by atoms with Gasteiger partial charge < -0.3 is 5.73 Å². The van der Waals surface area contributed by atoms with Crippen molar-refractivity contribution in [2.45, 2.75) is 25.4 Å². The third-order valence-electron chi connectivity index (χ3n) is 4.60. The highest BCUT2D eigenvalue weighted by Crippen LogP contribution is 2.37. The number of nitrogens with two attached hydrogens (primary N) is 1. The predicted molar refractivity (Wildman–Crippen MR) is 77.6 cm³/mol. The van der Waals surface area contributed by atoms with E-state index in [1.807, 2.05) is 6.07 Å². The summed E-state index contributed by atoms with van der Waals surface area (Å²) in [5, 5.41) is 11.1. The van der Waals surface area contributed by atoms with E-state index in [1.54, 1.807) is 12.1 Å². The van der Waals surface area contributed by atoms with Crippen LogP contribution in [0.15, 0.2) is 18.2 Å². The number of fused-ring (bicyclic) bond motifs is 1. The van der Waals surface area contributed by atoms with Crippen LogP contribution < -0.4 is 5.73 Å². The first kappa shape index (κ1) is 13.8. The molecule has 5 nitrogen and oxygen atoms in total. The molecule has 1 heterocycles. The van der Waals surface area contributed by atoms with Crippen LogP contribution in [0.1, 0.15) is 18.4 Å². The van der Waals surface area contributed by atoms with Gasteiger partial charge >= 0.3 is 0 Å². The van der Waals surface area contributed by atoms with Gasteiger partial charge in [-0.1, -0.05) is 17.7 Å². The quantitative estimate of drug-likeness (QED) is 0.686. The van der Waals surface area contributed by atoms with Crippen molar-refractivity contribution in [1.82, 2.24) is 4.90 Å². The van der Waals surface area contributed by atoms with Crippen LogP contribution >= 0.6 is 11.6 Å². The summed E-state index contributed by atoms with van der Waals surface area (Å²) >= 11 is 5.83. The van der Waals surface area contributed by atoms with Gasteiger partial charge in [0.2, 0.25) is 0 Å². The lowest BCUT2D eigenvalue weighted by atomic mass is 9.98.